The van der Waals surface area contributed by atoms with Gasteiger partial charge in [0.2, 0.25) is 0 Å². The number of halogens is 2. The summed E-state index contributed by atoms with van der Waals surface area (Å²) in [5.41, 5.74) is 3.28. The number of rotatable bonds is 6. The first kappa shape index (κ1) is 24.8. The molecule has 6 heterocycles. The molecule has 7 rings (SSSR count). The molecular formula is C28H23F2N9O2. The molecule has 2 aliphatic rings. The van der Waals surface area contributed by atoms with Gasteiger partial charge in [0.15, 0.2) is 5.65 Å². The fraction of sp³-hybridized carbons (Fsp3) is 0.214. The van der Waals surface area contributed by atoms with E-state index in [4.69, 9.17) is 9.72 Å². The molecule has 0 radical (unpaired) electrons. The van der Waals surface area contributed by atoms with Crippen LogP contribution in [0.4, 0.5) is 14.6 Å². The van der Waals surface area contributed by atoms with Gasteiger partial charge in [0.1, 0.15) is 34.8 Å². The Morgan fingerprint density at radius 1 is 1.20 bits per heavy atom. The Kier molecular flexibility index (Phi) is 5.91. The number of aromatic amines is 1. The minimum absolute atomic E-state index is 0.355. The van der Waals surface area contributed by atoms with Crippen molar-refractivity contribution in [3.8, 4) is 16.9 Å². The molecule has 1 amide bonds. The number of carbonyl (C=O) groups excluding carboxylic acids is 1. The van der Waals surface area contributed by atoms with Crippen molar-refractivity contribution >= 4 is 40.2 Å². The van der Waals surface area contributed by atoms with E-state index in [-0.39, 0.29) is 6.04 Å². The van der Waals surface area contributed by atoms with Gasteiger partial charge in [-0.1, -0.05) is 6.07 Å². The summed E-state index contributed by atoms with van der Waals surface area (Å²) in [6.07, 6.45) is 7.49. The van der Waals surface area contributed by atoms with Crippen LogP contribution in [0.15, 0.2) is 65.2 Å². The van der Waals surface area contributed by atoms with Crippen molar-refractivity contribution in [3.05, 3.63) is 72.2 Å². The number of H-pyrrole nitrogens is 1. The topological polar surface area (TPSA) is 125 Å². The summed E-state index contributed by atoms with van der Waals surface area (Å²) in [6.45, 7) is 2.95. The average Bonchev–Trinajstić information content (AvgIpc) is 3.70. The second-order valence-electron chi connectivity index (χ2n) is 9.69. The predicted molar refractivity (Wildman–Crippen MR) is 149 cm³/mol. The Hall–Kier alpha value is -5.20. The number of hydrogen-bond acceptors (Lipinski definition) is 8. The molecule has 0 bridgehead atoms. The molecule has 13 heteroatoms. The summed E-state index contributed by atoms with van der Waals surface area (Å²) in [6, 6.07) is 8.29. The number of aromatic nitrogens is 5. The first-order chi connectivity index (χ1) is 20.0. The smallest absolute Gasteiger partial charge is 0.257 e. The van der Waals surface area contributed by atoms with E-state index in [1.807, 2.05) is 36.2 Å². The zero-order valence-electron chi connectivity index (χ0n) is 21.8. The molecule has 1 aromatic carbocycles. The van der Waals surface area contributed by atoms with Crippen LogP contribution < -0.4 is 15.0 Å². The average molecular weight is 556 g/mol. The van der Waals surface area contributed by atoms with E-state index in [2.05, 4.69) is 30.8 Å². The number of ether oxygens (including phenoxy) is 1. The second-order valence-corrected chi connectivity index (χ2v) is 9.69. The fourth-order valence-corrected chi connectivity index (χ4v) is 5.44. The predicted octanol–water partition coefficient (Wildman–Crippen LogP) is 3.77. The summed E-state index contributed by atoms with van der Waals surface area (Å²) < 4.78 is 35.9. The normalized spacial score (nSPS) is 18.1. The highest BCUT2D eigenvalue weighted by atomic mass is 19.1. The van der Waals surface area contributed by atoms with E-state index in [1.54, 1.807) is 23.1 Å². The summed E-state index contributed by atoms with van der Waals surface area (Å²) in [5.74, 6) is -1.29. The molecule has 11 nitrogen and oxygen atoms in total. The SMILES string of the molecule is CCOc1cc(-c2ccc(N3CC[C@H](NC(=O)c4c(F)cccc4F)C4=NN=CC43)nc2)c2c3cn[nH]c3nn2c1. The number of nitrogens with zero attached hydrogens (tertiary/aromatic N) is 7. The number of anilines is 1. The highest BCUT2D eigenvalue weighted by Crippen LogP contribution is 2.34. The van der Waals surface area contributed by atoms with Gasteiger partial charge in [-0.15, -0.1) is 5.10 Å². The van der Waals surface area contributed by atoms with Gasteiger partial charge in [-0.2, -0.15) is 15.3 Å². The monoisotopic (exact) mass is 555 g/mol. The number of hydrogen-bond donors (Lipinski definition) is 2. The molecule has 5 aromatic rings. The molecule has 1 unspecified atom stereocenters. The summed E-state index contributed by atoms with van der Waals surface area (Å²) in [7, 11) is 0. The molecule has 41 heavy (non-hydrogen) atoms. The van der Waals surface area contributed by atoms with Crippen molar-refractivity contribution in [2.45, 2.75) is 25.4 Å². The Labute approximate surface area is 231 Å². The Balaban J connectivity index is 1.15. The van der Waals surface area contributed by atoms with Crippen LogP contribution in [0, 0.1) is 11.6 Å². The highest BCUT2D eigenvalue weighted by molar-refractivity contribution is 6.13. The van der Waals surface area contributed by atoms with E-state index in [0.717, 1.165) is 34.2 Å². The van der Waals surface area contributed by atoms with Crippen molar-refractivity contribution in [2.24, 2.45) is 10.2 Å². The van der Waals surface area contributed by atoms with Gasteiger partial charge < -0.3 is 15.0 Å². The first-order valence-corrected chi connectivity index (χ1v) is 13.1. The Morgan fingerprint density at radius 2 is 2.05 bits per heavy atom. The molecular weight excluding hydrogens is 532 g/mol. The summed E-state index contributed by atoms with van der Waals surface area (Å²) in [4.78, 5) is 19.5. The van der Waals surface area contributed by atoms with Gasteiger partial charge in [-0.3, -0.25) is 9.89 Å². The fourth-order valence-electron chi connectivity index (χ4n) is 5.44. The van der Waals surface area contributed by atoms with Crippen molar-refractivity contribution in [1.29, 1.82) is 0 Å². The van der Waals surface area contributed by atoms with Crippen LogP contribution in [0.25, 0.3) is 27.7 Å². The first-order valence-electron chi connectivity index (χ1n) is 13.1. The zero-order chi connectivity index (χ0) is 28.1. The van der Waals surface area contributed by atoms with E-state index < -0.39 is 29.1 Å². The van der Waals surface area contributed by atoms with E-state index >= 15 is 0 Å². The third-order valence-corrected chi connectivity index (χ3v) is 7.30. The molecule has 1 fully saturated rings. The van der Waals surface area contributed by atoms with Crippen LogP contribution in [0.1, 0.15) is 23.7 Å². The number of piperidine rings is 1. The highest BCUT2D eigenvalue weighted by Gasteiger charge is 2.38. The second kappa shape index (κ2) is 9.77. The van der Waals surface area contributed by atoms with Gasteiger partial charge in [0.05, 0.1) is 47.9 Å². The molecule has 206 valence electrons. The summed E-state index contributed by atoms with van der Waals surface area (Å²) >= 11 is 0. The molecule has 2 atom stereocenters. The molecule has 2 N–H and O–H groups in total. The summed E-state index contributed by atoms with van der Waals surface area (Å²) in [5, 5.41) is 23.5. The molecule has 2 aliphatic heterocycles. The van der Waals surface area contributed by atoms with Crippen LogP contribution in [-0.2, 0) is 0 Å². The molecule has 0 spiro atoms. The van der Waals surface area contributed by atoms with Gasteiger partial charge in [-0.25, -0.2) is 18.3 Å². The van der Waals surface area contributed by atoms with Gasteiger partial charge >= 0.3 is 0 Å². The lowest BCUT2D eigenvalue weighted by atomic mass is 9.95. The van der Waals surface area contributed by atoms with Crippen LogP contribution >= 0.6 is 0 Å². The van der Waals surface area contributed by atoms with Crippen molar-refractivity contribution < 1.29 is 18.3 Å². The zero-order valence-corrected chi connectivity index (χ0v) is 21.8. The van der Waals surface area contributed by atoms with Gasteiger partial charge in [0.25, 0.3) is 5.91 Å². The maximum Gasteiger partial charge on any atom is 0.257 e. The maximum absolute atomic E-state index is 14.2. The number of fused-ring (bicyclic) bond motifs is 4. The van der Waals surface area contributed by atoms with Crippen LogP contribution in [0.5, 0.6) is 5.75 Å². The number of pyridine rings is 2. The minimum Gasteiger partial charge on any atom is -0.492 e. The van der Waals surface area contributed by atoms with Gasteiger partial charge in [-0.05, 0) is 43.7 Å². The number of amides is 1. The Morgan fingerprint density at radius 3 is 2.83 bits per heavy atom. The molecule has 1 saturated heterocycles. The van der Waals surface area contributed by atoms with Gasteiger partial charge in [0, 0.05) is 23.9 Å². The standard InChI is InChI=1S/C28H23F2N9O2/c1-2-41-16-10-17(26-18-12-32-36-27(18)37-39(26)14-16)15-6-7-23(31-11-15)38-9-8-21(25-22(38)13-33-35-25)34-28(40)24-19(29)4-3-5-20(24)30/h3-7,10-14,21-22H,2,8-9H2,1H3,(H,34,40)(H,36,37)/t21-,22?/m0/s1. The maximum atomic E-state index is 14.2. The minimum atomic E-state index is -0.918. The van der Waals surface area contributed by atoms with E-state index in [0.29, 0.717) is 42.5 Å². The van der Waals surface area contributed by atoms with Crippen LogP contribution in [-0.4, -0.2) is 67.9 Å². The van der Waals surface area contributed by atoms with E-state index in [9.17, 15) is 13.6 Å². The quantitative estimate of drug-likeness (QED) is 0.329. The molecule has 0 aliphatic carbocycles. The largest absolute Gasteiger partial charge is 0.492 e. The lowest BCUT2D eigenvalue weighted by Crippen LogP contribution is -2.57. The lowest BCUT2D eigenvalue weighted by Gasteiger charge is -2.37. The van der Waals surface area contributed by atoms with Crippen LogP contribution in [0.2, 0.25) is 0 Å². The molecule has 4 aromatic heterocycles. The third kappa shape index (κ3) is 4.17. The van der Waals surface area contributed by atoms with Crippen molar-refractivity contribution in [3.63, 3.8) is 0 Å². The third-order valence-electron chi connectivity index (χ3n) is 7.30. The number of benzene rings is 1. The number of nitrogens with one attached hydrogen (secondary N) is 2. The molecule has 0 saturated carbocycles. The lowest BCUT2D eigenvalue weighted by molar-refractivity contribution is 0.0936. The van der Waals surface area contributed by atoms with Crippen molar-refractivity contribution in [2.75, 3.05) is 18.1 Å². The van der Waals surface area contributed by atoms with Crippen molar-refractivity contribution in [1.82, 2.24) is 30.1 Å². The Bertz CT molecular complexity index is 1840. The number of carbonyl (C=O) groups is 1. The van der Waals surface area contributed by atoms with E-state index in [1.165, 1.54) is 6.07 Å². The van der Waals surface area contributed by atoms with Crippen LogP contribution in [0.3, 0.4) is 0 Å².